The number of alkyl halides is 3. The highest BCUT2D eigenvalue weighted by molar-refractivity contribution is 7.80. The first-order valence-electron chi connectivity index (χ1n) is 4.40. The Balaban J connectivity index is 3.09. The Morgan fingerprint density at radius 3 is 2.56 bits per heavy atom. The fraction of sp³-hybridized carbons (Fsp3) is 0.111. The first-order valence-corrected chi connectivity index (χ1v) is 4.81. The summed E-state index contributed by atoms with van der Waals surface area (Å²) in [7, 11) is 0. The number of aromatic hydroxyl groups is 1. The van der Waals surface area contributed by atoms with E-state index in [2.05, 4.69) is 22.7 Å². The number of hydrogen-bond donors (Lipinski definition) is 3. The zero-order valence-corrected chi connectivity index (χ0v) is 9.44. The van der Waals surface area contributed by atoms with Crippen molar-refractivity contribution >= 4 is 23.5 Å². The second-order valence-corrected chi connectivity index (χ2v) is 3.54. The molecule has 18 heavy (non-hydrogen) atoms. The molecule has 1 aromatic carbocycles. The third-order valence-electron chi connectivity index (χ3n) is 1.83. The molecule has 0 saturated carbocycles. The minimum absolute atomic E-state index is 0.182. The van der Waals surface area contributed by atoms with E-state index in [9.17, 15) is 22.7 Å². The highest BCUT2D eigenvalue weighted by atomic mass is 32.1. The van der Waals surface area contributed by atoms with E-state index in [-0.39, 0.29) is 10.7 Å². The SMILES string of the molecule is NC(=S)NN=Cc1ccc(C(F)(F)F)c(F)c1O. The summed E-state index contributed by atoms with van der Waals surface area (Å²) in [6.07, 6.45) is -3.99. The van der Waals surface area contributed by atoms with Gasteiger partial charge in [-0.05, 0) is 24.4 Å². The predicted octanol–water partition coefficient (Wildman–Crippen LogP) is 1.72. The molecule has 0 aliphatic heterocycles. The number of phenolic OH excluding ortho intramolecular Hbond substituents is 1. The molecule has 1 rings (SSSR count). The van der Waals surface area contributed by atoms with Crippen molar-refractivity contribution in [2.24, 2.45) is 10.8 Å². The molecule has 0 radical (unpaired) electrons. The van der Waals surface area contributed by atoms with E-state index in [0.29, 0.717) is 6.07 Å². The maximum Gasteiger partial charge on any atom is 0.419 e. The normalized spacial score (nSPS) is 11.8. The Hall–Kier alpha value is -1.90. The molecule has 1 aromatic rings. The summed E-state index contributed by atoms with van der Waals surface area (Å²) in [4.78, 5) is 0. The molecule has 0 saturated heterocycles. The second-order valence-electron chi connectivity index (χ2n) is 3.10. The van der Waals surface area contributed by atoms with E-state index in [1.165, 1.54) is 0 Å². The lowest BCUT2D eigenvalue weighted by atomic mass is 10.1. The van der Waals surface area contributed by atoms with Gasteiger partial charge in [-0.3, -0.25) is 5.43 Å². The van der Waals surface area contributed by atoms with Gasteiger partial charge in [-0.2, -0.15) is 18.3 Å². The lowest BCUT2D eigenvalue weighted by Crippen LogP contribution is -2.24. The first kappa shape index (κ1) is 14.2. The van der Waals surface area contributed by atoms with Gasteiger partial charge in [0.05, 0.1) is 11.8 Å². The fourth-order valence-electron chi connectivity index (χ4n) is 1.07. The predicted molar refractivity (Wildman–Crippen MR) is 60.6 cm³/mol. The van der Waals surface area contributed by atoms with Crippen LogP contribution in [0.1, 0.15) is 11.1 Å². The largest absolute Gasteiger partial charge is 0.504 e. The topological polar surface area (TPSA) is 70.6 Å². The number of hydrogen-bond acceptors (Lipinski definition) is 3. The number of thiocarbonyl (C=S) groups is 1. The van der Waals surface area contributed by atoms with Gasteiger partial charge in [0.15, 0.2) is 16.7 Å². The van der Waals surface area contributed by atoms with Crippen LogP contribution in [0.3, 0.4) is 0 Å². The third kappa shape index (κ3) is 3.29. The van der Waals surface area contributed by atoms with Crippen molar-refractivity contribution in [2.45, 2.75) is 6.18 Å². The van der Waals surface area contributed by atoms with Crippen molar-refractivity contribution in [1.82, 2.24) is 5.43 Å². The van der Waals surface area contributed by atoms with Crippen molar-refractivity contribution in [2.75, 3.05) is 0 Å². The van der Waals surface area contributed by atoms with E-state index < -0.39 is 23.3 Å². The van der Waals surface area contributed by atoms with Crippen molar-refractivity contribution in [3.63, 3.8) is 0 Å². The van der Waals surface area contributed by atoms with E-state index in [1.807, 2.05) is 0 Å². The molecule has 0 heterocycles. The second kappa shape index (κ2) is 5.17. The molecule has 9 heteroatoms. The summed E-state index contributed by atoms with van der Waals surface area (Å²) in [5.74, 6) is -2.92. The van der Waals surface area contributed by atoms with Gasteiger partial charge in [0, 0.05) is 5.56 Å². The van der Waals surface area contributed by atoms with Gasteiger partial charge >= 0.3 is 6.18 Å². The van der Waals surface area contributed by atoms with Crippen LogP contribution in [0.5, 0.6) is 5.75 Å². The summed E-state index contributed by atoms with van der Waals surface area (Å²) in [5, 5.41) is 12.5. The van der Waals surface area contributed by atoms with Crippen LogP contribution < -0.4 is 11.2 Å². The lowest BCUT2D eigenvalue weighted by Gasteiger charge is -2.09. The molecular formula is C9H7F4N3OS. The number of hydrazone groups is 1. The molecule has 98 valence electrons. The third-order valence-corrected chi connectivity index (χ3v) is 1.92. The van der Waals surface area contributed by atoms with Gasteiger partial charge in [0.2, 0.25) is 0 Å². The van der Waals surface area contributed by atoms with Crippen molar-refractivity contribution in [1.29, 1.82) is 0 Å². The van der Waals surface area contributed by atoms with Gasteiger partial charge < -0.3 is 10.8 Å². The Labute approximate surface area is 104 Å². The van der Waals surface area contributed by atoms with Crippen molar-refractivity contribution in [3.05, 3.63) is 29.1 Å². The minimum atomic E-state index is -4.88. The number of rotatable bonds is 2. The van der Waals surface area contributed by atoms with E-state index in [4.69, 9.17) is 5.73 Å². The number of nitrogens with one attached hydrogen (secondary N) is 1. The molecule has 0 aromatic heterocycles. The summed E-state index contributed by atoms with van der Waals surface area (Å²) >= 11 is 4.41. The molecule has 0 unspecified atom stereocenters. The van der Waals surface area contributed by atoms with Crippen LogP contribution in [0.15, 0.2) is 17.2 Å². The number of nitrogens with two attached hydrogens (primary N) is 1. The number of benzene rings is 1. The number of nitrogens with zero attached hydrogens (tertiary/aromatic N) is 1. The Kier molecular flexibility index (Phi) is 4.07. The van der Waals surface area contributed by atoms with Crippen LogP contribution in [-0.4, -0.2) is 16.4 Å². The van der Waals surface area contributed by atoms with E-state index in [1.54, 1.807) is 0 Å². The molecule has 4 N–H and O–H groups in total. The molecular weight excluding hydrogens is 274 g/mol. The Bertz CT molecular complexity index is 501. The quantitative estimate of drug-likeness (QED) is 0.334. The fourth-order valence-corrected chi connectivity index (χ4v) is 1.12. The first-order chi connectivity index (χ1) is 8.23. The average molecular weight is 281 g/mol. The van der Waals surface area contributed by atoms with Crippen LogP contribution >= 0.6 is 12.2 Å². The summed E-state index contributed by atoms with van der Waals surface area (Å²) in [6.45, 7) is 0. The summed E-state index contributed by atoms with van der Waals surface area (Å²) in [5.41, 5.74) is 5.33. The van der Waals surface area contributed by atoms with Gasteiger partial charge in [0.25, 0.3) is 0 Å². The Morgan fingerprint density at radius 1 is 1.44 bits per heavy atom. The van der Waals surface area contributed by atoms with E-state index >= 15 is 0 Å². The molecule has 0 spiro atoms. The monoisotopic (exact) mass is 281 g/mol. The van der Waals surface area contributed by atoms with Crippen molar-refractivity contribution in [3.8, 4) is 5.75 Å². The van der Waals surface area contributed by atoms with Gasteiger partial charge in [-0.15, -0.1) is 0 Å². The standard InChI is InChI=1S/C9H7F4N3OS/c10-6-5(9(11,12)13)2-1-4(7(6)17)3-15-16-8(14)18/h1-3,17H,(H3,14,16,18). The molecule has 0 aliphatic carbocycles. The zero-order valence-electron chi connectivity index (χ0n) is 8.62. The van der Waals surface area contributed by atoms with Gasteiger partial charge in [-0.1, -0.05) is 0 Å². The molecule has 0 aliphatic rings. The highest BCUT2D eigenvalue weighted by Gasteiger charge is 2.35. The molecule has 0 fully saturated rings. The summed E-state index contributed by atoms with van der Waals surface area (Å²) in [6, 6.07) is 1.36. The maximum absolute atomic E-state index is 13.2. The number of halogens is 4. The smallest absolute Gasteiger partial charge is 0.419 e. The van der Waals surface area contributed by atoms with Gasteiger partial charge in [-0.25, -0.2) is 4.39 Å². The molecule has 4 nitrogen and oxygen atoms in total. The van der Waals surface area contributed by atoms with Crippen molar-refractivity contribution < 1.29 is 22.7 Å². The Morgan fingerprint density at radius 2 is 2.06 bits per heavy atom. The molecule has 0 atom stereocenters. The lowest BCUT2D eigenvalue weighted by molar-refractivity contribution is -0.140. The highest BCUT2D eigenvalue weighted by Crippen LogP contribution is 2.35. The van der Waals surface area contributed by atoms with E-state index in [0.717, 1.165) is 12.3 Å². The zero-order chi connectivity index (χ0) is 13.9. The van der Waals surface area contributed by atoms with Gasteiger partial charge in [0.1, 0.15) is 0 Å². The molecule has 0 amide bonds. The van der Waals surface area contributed by atoms with Crippen LogP contribution in [-0.2, 0) is 6.18 Å². The average Bonchev–Trinajstić information content (AvgIpc) is 2.22. The number of phenols is 1. The molecule has 0 bridgehead atoms. The van der Waals surface area contributed by atoms with Crippen LogP contribution in [0.4, 0.5) is 17.6 Å². The minimum Gasteiger partial charge on any atom is -0.504 e. The van der Waals surface area contributed by atoms with Crippen LogP contribution in [0, 0.1) is 5.82 Å². The maximum atomic E-state index is 13.2. The van der Waals surface area contributed by atoms with Crippen LogP contribution in [0.25, 0.3) is 0 Å². The summed E-state index contributed by atoms with van der Waals surface area (Å²) < 4.78 is 50.1. The van der Waals surface area contributed by atoms with Crippen LogP contribution in [0.2, 0.25) is 0 Å².